The van der Waals surface area contributed by atoms with Crippen molar-refractivity contribution < 1.29 is 28.1 Å². The monoisotopic (exact) mass is 380 g/mol. The second-order valence-corrected chi connectivity index (χ2v) is 6.85. The Balaban J connectivity index is 2.40. The molecule has 0 aliphatic heterocycles. The molecule has 0 saturated heterocycles. The van der Waals surface area contributed by atoms with Crippen LogP contribution >= 0.6 is 0 Å². The standard InChI is InChI=1S/C17H20N2O6S/c1-4-14(13-7-5-11(20)9-15(13)21)18-19-26(22,23)17-10-12(24-2)6-8-16(17)25-3/h5-10,19-21H,4H2,1-3H3/b18-14-. The van der Waals surface area contributed by atoms with Crippen LogP contribution in [0.2, 0.25) is 0 Å². The van der Waals surface area contributed by atoms with Gasteiger partial charge in [0.1, 0.15) is 27.9 Å². The van der Waals surface area contributed by atoms with Crippen LogP contribution in [-0.2, 0) is 10.0 Å². The molecule has 0 aliphatic carbocycles. The van der Waals surface area contributed by atoms with Crippen molar-refractivity contribution in [3.8, 4) is 23.0 Å². The molecule has 2 aromatic rings. The van der Waals surface area contributed by atoms with E-state index in [1.807, 2.05) is 0 Å². The number of ether oxygens (including phenoxy) is 2. The number of methoxy groups -OCH3 is 2. The highest BCUT2D eigenvalue weighted by molar-refractivity contribution is 7.89. The number of hydrazone groups is 1. The number of aromatic hydroxyl groups is 2. The van der Waals surface area contributed by atoms with Crippen molar-refractivity contribution in [3.63, 3.8) is 0 Å². The lowest BCUT2D eigenvalue weighted by Crippen LogP contribution is -2.21. The fraction of sp³-hybridized carbons (Fsp3) is 0.235. The van der Waals surface area contributed by atoms with Gasteiger partial charge in [0.05, 0.1) is 19.9 Å². The minimum atomic E-state index is -4.04. The minimum absolute atomic E-state index is 0.108. The third kappa shape index (κ3) is 4.17. The number of hydrogen-bond acceptors (Lipinski definition) is 7. The first-order valence-electron chi connectivity index (χ1n) is 7.65. The van der Waals surface area contributed by atoms with Gasteiger partial charge in [0, 0.05) is 17.7 Å². The molecule has 0 spiro atoms. The van der Waals surface area contributed by atoms with Gasteiger partial charge in [-0.2, -0.15) is 18.4 Å². The lowest BCUT2D eigenvalue weighted by atomic mass is 10.1. The first-order chi connectivity index (χ1) is 12.3. The van der Waals surface area contributed by atoms with E-state index in [0.29, 0.717) is 23.4 Å². The average molecular weight is 380 g/mol. The largest absolute Gasteiger partial charge is 0.508 e. The highest BCUT2D eigenvalue weighted by Gasteiger charge is 2.21. The summed E-state index contributed by atoms with van der Waals surface area (Å²) < 4.78 is 35.4. The van der Waals surface area contributed by atoms with E-state index in [9.17, 15) is 18.6 Å². The number of sulfonamides is 1. The first kappa shape index (κ1) is 19.4. The number of rotatable bonds is 7. The third-order valence-corrected chi connectivity index (χ3v) is 4.82. The molecule has 2 rings (SSSR count). The van der Waals surface area contributed by atoms with Gasteiger partial charge in [-0.1, -0.05) is 6.92 Å². The Kier molecular flexibility index (Phi) is 5.93. The number of nitrogens with zero attached hydrogens (tertiary/aromatic N) is 1. The summed E-state index contributed by atoms with van der Waals surface area (Å²) in [6, 6.07) is 8.35. The van der Waals surface area contributed by atoms with Crippen molar-refractivity contribution in [1.29, 1.82) is 0 Å². The van der Waals surface area contributed by atoms with Gasteiger partial charge in [-0.05, 0) is 30.7 Å². The Labute approximate surface area is 151 Å². The zero-order valence-electron chi connectivity index (χ0n) is 14.6. The summed E-state index contributed by atoms with van der Waals surface area (Å²) in [5, 5.41) is 23.2. The molecule has 0 aromatic heterocycles. The van der Waals surface area contributed by atoms with Crippen LogP contribution in [0.3, 0.4) is 0 Å². The molecule has 0 atom stereocenters. The van der Waals surface area contributed by atoms with Crippen LogP contribution in [0.4, 0.5) is 0 Å². The van der Waals surface area contributed by atoms with Crippen molar-refractivity contribution in [3.05, 3.63) is 42.0 Å². The van der Waals surface area contributed by atoms with Crippen molar-refractivity contribution in [2.45, 2.75) is 18.2 Å². The van der Waals surface area contributed by atoms with Crippen molar-refractivity contribution in [1.82, 2.24) is 4.83 Å². The molecule has 0 aliphatic rings. The predicted molar refractivity (Wildman–Crippen MR) is 96.5 cm³/mol. The molecule has 0 bridgehead atoms. The topological polar surface area (TPSA) is 117 Å². The van der Waals surface area contributed by atoms with Crippen molar-refractivity contribution in [2.75, 3.05) is 14.2 Å². The normalized spacial score (nSPS) is 11.9. The number of hydrogen-bond donors (Lipinski definition) is 3. The molecule has 26 heavy (non-hydrogen) atoms. The fourth-order valence-electron chi connectivity index (χ4n) is 2.25. The van der Waals surface area contributed by atoms with Gasteiger partial charge >= 0.3 is 0 Å². The maximum absolute atomic E-state index is 12.6. The molecular weight excluding hydrogens is 360 g/mol. The molecule has 2 aromatic carbocycles. The zero-order valence-corrected chi connectivity index (χ0v) is 15.4. The van der Waals surface area contributed by atoms with Crippen molar-refractivity contribution in [2.24, 2.45) is 5.10 Å². The Bertz CT molecular complexity index is 925. The molecule has 0 saturated carbocycles. The van der Waals surface area contributed by atoms with E-state index in [1.54, 1.807) is 13.0 Å². The Morgan fingerprint density at radius 3 is 2.42 bits per heavy atom. The molecule has 140 valence electrons. The molecule has 0 heterocycles. The summed E-state index contributed by atoms with van der Waals surface area (Å²) >= 11 is 0. The molecule has 0 fully saturated rings. The highest BCUT2D eigenvalue weighted by atomic mass is 32.2. The van der Waals surface area contributed by atoms with Gasteiger partial charge < -0.3 is 19.7 Å². The lowest BCUT2D eigenvalue weighted by molar-refractivity contribution is 0.392. The van der Waals surface area contributed by atoms with E-state index < -0.39 is 10.0 Å². The molecule has 8 nitrogen and oxygen atoms in total. The van der Waals surface area contributed by atoms with Crippen LogP contribution in [0.25, 0.3) is 0 Å². The van der Waals surface area contributed by atoms with Gasteiger partial charge in [-0.15, -0.1) is 0 Å². The van der Waals surface area contributed by atoms with Crippen LogP contribution in [0.15, 0.2) is 46.4 Å². The quantitative estimate of drug-likeness (QED) is 0.501. The molecule has 0 unspecified atom stereocenters. The van der Waals surface area contributed by atoms with Gasteiger partial charge in [0.25, 0.3) is 10.0 Å². The fourth-order valence-corrected chi connectivity index (χ4v) is 3.27. The van der Waals surface area contributed by atoms with Crippen LogP contribution in [0, 0.1) is 0 Å². The molecule has 0 amide bonds. The summed E-state index contributed by atoms with van der Waals surface area (Å²) in [5.74, 6) is 0.174. The minimum Gasteiger partial charge on any atom is -0.508 e. The summed E-state index contributed by atoms with van der Waals surface area (Å²) in [6.07, 6.45) is 0.343. The number of nitrogens with one attached hydrogen (secondary N) is 1. The van der Waals surface area contributed by atoms with E-state index in [2.05, 4.69) is 9.93 Å². The molecule has 3 N–H and O–H groups in total. The summed E-state index contributed by atoms with van der Waals surface area (Å²) in [4.78, 5) is 2.01. The summed E-state index contributed by atoms with van der Waals surface area (Å²) in [5.41, 5.74) is 0.610. The Morgan fingerprint density at radius 2 is 1.85 bits per heavy atom. The first-order valence-corrected chi connectivity index (χ1v) is 9.13. The zero-order chi connectivity index (χ0) is 19.3. The average Bonchev–Trinajstić information content (AvgIpc) is 2.62. The maximum Gasteiger partial charge on any atom is 0.280 e. The van der Waals surface area contributed by atoms with E-state index in [1.165, 1.54) is 38.5 Å². The second-order valence-electron chi connectivity index (χ2n) is 5.23. The molecule has 0 radical (unpaired) electrons. The smallest absolute Gasteiger partial charge is 0.280 e. The van der Waals surface area contributed by atoms with Crippen LogP contribution in [0.1, 0.15) is 18.9 Å². The molecule has 9 heteroatoms. The number of phenols is 2. The summed E-state index contributed by atoms with van der Waals surface area (Å²) in [6.45, 7) is 1.76. The van der Waals surface area contributed by atoms with E-state index in [4.69, 9.17) is 9.47 Å². The third-order valence-electron chi connectivity index (χ3n) is 3.59. The van der Waals surface area contributed by atoms with Crippen molar-refractivity contribution >= 4 is 15.7 Å². The van der Waals surface area contributed by atoms with Gasteiger partial charge in [0.15, 0.2) is 0 Å². The van der Waals surface area contributed by atoms with Gasteiger partial charge in [-0.25, -0.2) is 0 Å². The van der Waals surface area contributed by atoms with E-state index in [-0.39, 0.29) is 22.1 Å². The number of benzene rings is 2. The second kappa shape index (κ2) is 7.96. The Morgan fingerprint density at radius 1 is 1.12 bits per heavy atom. The lowest BCUT2D eigenvalue weighted by Gasteiger charge is -2.12. The maximum atomic E-state index is 12.6. The highest BCUT2D eigenvalue weighted by Crippen LogP contribution is 2.28. The van der Waals surface area contributed by atoms with Crippen LogP contribution in [-0.4, -0.2) is 38.6 Å². The van der Waals surface area contributed by atoms with Gasteiger partial charge in [-0.3, -0.25) is 0 Å². The SMILES string of the molecule is CC/C(=N/NS(=O)(=O)c1cc(OC)ccc1OC)c1ccc(O)cc1O. The predicted octanol–water partition coefficient (Wildman–Crippen LogP) is 2.21. The number of phenolic OH excluding ortho intramolecular Hbond substituents is 2. The van der Waals surface area contributed by atoms with Crippen LogP contribution in [0.5, 0.6) is 23.0 Å². The van der Waals surface area contributed by atoms with Gasteiger partial charge in [0.2, 0.25) is 0 Å². The van der Waals surface area contributed by atoms with E-state index >= 15 is 0 Å². The Hall–Kier alpha value is -2.94. The molecular formula is C17H20N2O6S. The van der Waals surface area contributed by atoms with E-state index in [0.717, 1.165) is 6.07 Å². The van der Waals surface area contributed by atoms with Crippen LogP contribution < -0.4 is 14.3 Å². The summed E-state index contributed by atoms with van der Waals surface area (Å²) in [7, 11) is -1.26.